The fourth-order valence-electron chi connectivity index (χ4n) is 3.50. The Morgan fingerprint density at radius 1 is 1.25 bits per heavy atom. The molecule has 0 bridgehead atoms. The molecule has 0 saturated carbocycles. The van der Waals surface area contributed by atoms with Gasteiger partial charge in [0.15, 0.2) is 0 Å². The third-order valence-electron chi connectivity index (χ3n) is 4.90. The van der Waals surface area contributed by atoms with E-state index in [1.54, 1.807) is 42.7 Å². The smallest absolute Gasteiger partial charge is 0.328 e. The number of hydrogen-bond acceptors (Lipinski definition) is 5. The lowest BCUT2D eigenvalue weighted by Gasteiger charge is -2.27. The summed E-state index contributed by atoms with van der Waals surface area (Å²) in [6.45, 7) is 3.25. The first-order valence-electron chi connectivity index (χ1n) is 8.57. The third-order valence-corrected chi connectivity index (χ3v) is 5.39. The fraction of sp³-hybridized carbons (Fsp3) is 0.333. The summed E-state index contributed by atoms with van der Waals surface area (Å²) in [6.07, 6.45) is 0. The second kappa shape index (κ2) is 7.72. The number of nitrogens with one attached hydrogen (secondary N) is 2. The van der Waals surface area contributed by atoms with Gasteiger partial charge in [0, 0.05) is 18.3 Å². The number of aliphatic hydroxyl groups excluding tert-OH is 1. The second-order valence-corrected chi connectivity index (χ2v) is 7.43. The summed E-state index contributed by atoms with van der Waals surface area (Å²) in [7, 11) is 0. The summed E-state index contributed by atoms with van der Waals surface area (Å²) in [4.78, 5) is 36.7. The van der Waals surface area contributed by atoms with Crippen molar-refractivity contribution in [2.75, 3.05) is 6.61 Å². The number of benzene rings is 1. The number of imide groups is 2. The van der Waals surface area contributed by atoms with Crippen LogP contribution in [0.2, 0.25) is 0 Å². The average molecular weight is 451 g/mol. The van der Waals surface area contributed by atoms with Crippen molar-refractivity contribution >= 4 is 33.8 Å². The first-order valence-corrected chi connectivity index (χ1v) is 9.36. The van der Waals surface area contributed by atoms with Crippen LogP contribution in [-0.2, 0) is 16.1 Å². The minimum atomic E-state index is -1.33. The molecule has 1 aliphatic rings. The molecule has 10 heteroatoms. The third kappa shape index (κ3) is 3.40. The molecule has 1 saturated heterocycles. The first kappa shape index (κ1) is 20.0. The second-order valence-electron chi connectivity index (χ2n) is 6.52. The SMILES string of the molecule is Cc1c(C)[n+]([O-])c([C@@H](c2cccc(Br)c2)C2C(=O)NC(=O)NC2=O)n1CCO. The zero-order valence-corrected chi connectivity index (χ0v) is 16.8. The molecule has 1 aromatic carbocycles. The molecule has 2 heterocycles. The highest BCUT2D eigenvalue weighted by atomic mass is 79.9. The van der Waals surface area contributed by atoms with Gasteiger partial charge in [-0.15, -0.1) is 0 Å². The molecule has 0 spiro atoms. The van der Waals surface area contributed by atoms with Gasteiger partial charge in [-0.2, -0.15) is 0 Å². The Morgan fingerprint density at radius 2 is 1.89 bits per heavy atom. The van der Waals surface area contributed by atoms with Gasteiger partial charge in [0.25, 0.3) is 5.82 Å². The van der Waals surface area contributed by atoms with E-state index in [1.807, 2.05) is 0 Å². The number of halogens is 1. The van der Waals surface area contributed by atoms with Crippen molar-refractivity contribution in [2.45, 2.75) is 26.3 Å². The predicted octanol–water partition coefficient (Wildman–Crippen LogP) is 0.607. The average Bonchev–Trinajstić information content (AvgIpc) is 2.83. The van der Waals surface area contributed by atoms with Crippen LogP contribution in [0.25, 0.3) is 0 Å². The molecular weight excluding hydrogens is 432 g/mol. The number of carbonyl (C=O) groups is 3. The number of imidazole rings is 1. The van der Waals surface area contributed by atoms with E-state index < -0.39 is 29.7 Å². The predicted molar refractivity (Wildman–Crippen MR) is 101 cm³/mol. The molecule has 0 radical (unpaired) electrons. The number of aromatic nitrogens is 2. The van der Waals surface area contributed by atoms with Crippen LogP contribution in [-0.4, -0.2) is 34.1 Å². The van der Waals surface area contributed by atoms with Gasteiger partial charge in [-0.1, -0.05) is 28.1 Å². The van der Waals surface area contributed by atoms with Crippen LogP contribution < -0.4 is 15.4 Å². The summed E-state index contributed by atoms with van der Waals surface area (Å²) in [5.41, 5.74) is 1.56. The van der Waals surface area contributed by atoms with Crippen molar-refractivity contribution in [3.8, 4) is 0 Å². The number of nitrogens with zero attached hydrogens (tertiary/aromatic N) is 2. The maximum atomic E-state index is 13.0. The van der Waals surface area contributed by atoms with Gasteiger partial charge in [0.2, 0.25) is 11.8 Å². The molecule has 3 N–H and O–H groups in total. The Labute approximate surface area is 169 Å². The Bertz CT molecular complexity index is 951. The van der Waals surface area contributed by atoms with Crippen LogP contribution >= 0.6 is 15.9 Å². The van der Waals surface area contributed by atoms with Gasteiger partial charge < -0.3 is 10.3 Å². The van der Waals surface area contributed by atoms with Gasteiger partial charge >= 0.3 is 6.03 Å². The largest absolute Gasteiger partial charge is 0.711 e. The summed E-state index contributed by atoms with van der Waals surface area (Å²) in [5.74, 6) is -3.73. The van der Waals surface area contributed by atoms with Gasteiger partial charge in [0.05, 0.1) is 6.61 Å². The zero-order chi connectivity index (χ0) is 20.6. The normalized spacial score (nSPS) is 16.1. The molecule has 0 unspecified atom stereocenters. The quantitative estimate of drug-likeness (QED) is 0.349. The standard InChI is InChI=1S/C18H19BrN4O5/c1-9-10(2)23(28)17(22(9)6-7-24)13(11-4-3-5-12(19)8-11)14-15(25)20-18(27)21-16(14)26/h3-5,8,13-14,24H,6-7H2,1-2H3,(H2,20,21,25,26,27)/t13-/m0/s1. The summed E-state index contributed by atoms with van der Waals surface area (Å²) >= 11 is 3.37. The summed E-state index contributed by atoms with van der Waals surface area (Å²) in [5, 5.41) is 26.6. The van der Waals surface area contributed by atoms with Crippen molar-refractivity contribution in [1.29, 1.82) is 0 Å². The van der Waals surface area contributed by atoms with Crippen LogP contribution in [0.5, 0.6) is 0 Å². The number of barbiturate groups is 1. The number of aliphatic hydroxyl groups is 1. The Balaban J connectivity index is 2.27. The minimum absolute atomic E-state index is 0.122. The molecule has 1 atom stereocenters. The lowest BCUT2D eigenvalue weighted by molar-refractivity contribution is -0.621. The van der Waals surface area contributed by atoms with E-state index >= 15 is 0 Å². The number of rotatable bonds is 5. The summed E-state index contributed by atoms with van der Waals surface area (Å²) < 4.78 is 2.98. The number of amides is 4. The van der Waals surface area contributed by atoms with Crippen molar-refractivity contribution in [3.05, 3.63) is 56.7 Å². The van der Waals surface area contributed by atoms with E-state index in [9.17, 15) is 24.7 Å². The highest BCUT2D eigenvalue weighted by Gasteiger charge is 2.47. The van der Waals surface area contributed by atoms with E-state index in [-0.39, 0.29) is 19.0 Å². The minimum Gasteiger partial charge on any atom is -0.711 e. The number of hydrogen-bond donors (Lipinski definition) is 3. The Hall–Kier alpha value is -2.72. The molecular formula is C18H19BrN4O5. The van der Waals surface area contributed by atoms with Crippen LogP contribution in [0.3, 0.4) is 0 Å². The maximum Gasteiger partial charge on any atom is 0.328 e. The van der Waals surface area contributed by atoms with Crippen molar-refractivity contribution in [2.24, 2.45) is 5.92 Å². The van der Waals surface area contributed by atoms with E-state index in [1.165, 1.54) is 0 Å². The van der Waals surface area contributed by atoms with E-state index in [4.69, 9.17) is 0 Å². The zero-order valence-electron chi connectivity index (χ0n) is 15.2. The number of carbonyl (C=O) groups excluding carboxylic acids is 3. The first-order chi connectivity index (χ1) is 13.3. The Morgan fingerprint density at radius 3 is 2.46 bits per heavy atom. The maximum absolute atomic E-state index is 13.0. The van der Waals surface area contributed by atoms with Crippen molar-refractivity contribution < 1.29 is 24.2 Å². The molecule has 1 aliphatic heterocycles. The van der Waals surface area contributed by atoms with Crippen LogP contribution in [0, 0.1) is 25.0 Å². The van der Waals surface area contributed by atoms with Crippen LogP contribution in [0.4, 0.5) is 4.79 Å². The van der Waals surface area contributed by atoms with Gasteiger partial charge in [-0.05, 0) is 17.7 Å². The molecule has 2 aromatic rings. The molecule has 148 valence electrons. The van der Waals surface area contributed by atoms with Gasteiger partial charge in [-0.3, -0.25) is 20.2 Å². The molecule has 3 rings (SSSR count). The van der Waals surface area contributed by atoms with Gasteiger partial charge in [-0.25, -0.2) is 14.1 Å². The lowest BCUT2D eigenvalue weighted by Crippen LogP contribution is -2.58. The van der Waals surface area contributed by atoms with E-state index in [0.29, 0.717) is 26.2 Å². The molecule has 9 nitrogen and oxygen atoms in total. The summed E-state index contributed by atoms with van der Waals surface area (Å²) in [6, 6.07) is 6.02. The molecule has 28 heavy (non-hydrogen) atoms. The van der Waals surface area contributed by atoms with Crippen molar-refractivity contribution in [1.82, 2.24) is 15.2 Å². The fourth-order valence-corrected chi connectivity index (χ4v) is 3.91. The lowest BCUT2D eigenvalue weighted by atomic mass is 9.83. The van der Waals surface area contributed by atoms with Crippen molar-refractivity contribution in [3.63, 3.8) is 0 Å². The van der Waals surface area contributed by atoms with Crippen LogP contribution in [0.15, 0.2) is 28.7 Å². The molecule has 1 fully saturated rings. The molecule has 0 aliphatic carbocycles. The van der Waals surface area contributed by atoms with Crippen LogP contribution in [0.1, 0.15) is 28.7 Å². The monoisotopic (exact) mass is 450 g/mol. The van der Waals surface area contributed by atoms with Gasteiger partial charge in [0.1, 0.15) is 29.8 Å². The topological polar surface area (TPSA) is 127 Å². The molecule has 4 amide bonds. The Kier molecular flexibility index (Phi) is 5.52. The van der Waals surface area contributed by atoms with E-state index in [2.05, 4.69) is 26.6 Å². The van der Waals surface area contributed by atoms with E-state index in [0.717, 1.165) is 0 Å². The highest BCUT2D eigenvalue weighted by Crippen LogP contribution is 2.34. The molecule has 1 aromatic heterocycles. The number of urea groups is 1. The highest BCUT2D eigenvalue weighted by molar-refractivity contribution is 9.10.